The third kappa shape index (κ3) is 3.03. The van der Waals surface area contributed by atoms with Crippen LogP contribution in [-0.2, 0) is 7.05 Å². The summed E-state index contributed by atoms with van der Waals surface area (Å²) in [4.78, 5) is 17.6. The number of allylic oxidation sites excluding steroid dienone is 3. The lowest BCUT2D eigenvalue weighted by molar-refractivity contribution is 0.104. The minimum atomic E-state index is -0.268. The number of carbonyl (C=O) groups is 1. The highest BCUT2D eigenvalue weighted by molar-refractivity contribution is 6.29. The van der Waals surface area contributed by atoms with Crippen molar-refractivity contribution in [3.8, 4) is 29.6 Å². The number of nitrogens with zero attached hydrogens (tertiary/aromatic N) is 5. The molecular weight excluding hydrogens is 414 g/mol. The average molecular weight is 427 g/mol. The lowest BCUT2D eigenvalue weighted by Gasteiger charge is -2.02. The van der Waals surface area contributed by atoms with Gasteiger partial charge < -0.3 is 8.98 Å². The quantitative estimate of drug-likeness (QED) is 0.335. The summed E-state index contributed by atoms with van der Waals surface area (Å²) in [6.45, 7) is 0. The Morgan fingerprint density at radius 3 is 2.36 bits per heavy atom. The van der Waals surface area contributed by atoms with Crippen molar-refractivity contribution in [2.24, 2.45) is 7.05 Å². The van der Waals surface area contributed by atoms with Crippen molar-refractivity contribution >= 4 is 28.7 Å². The second kappa shape index (κ2) is 7.50. The van der Waals surface area contributed by atoms with Gasteiger partial charge in [0.25, 0.3) is 0 Å². The van der Waals surface area contributed by atoms with Gasteiger partial charge in [-0.25, -0.2) is 0 Å². The number of rotatable bonds is 2. The number of aryl methyl sites for hydroxylation is 1. The maximum absolute atomic E-state index is 13.1. The highest BCUT2D eigenvalue weighted by Crippen LogP contribution is 2.40. The molecule has 0 radical (unpaired) electrons. The van der Waals surface area contributed by atoms with Gasteiger partial charge in [-0.05, 0) is 35.9 Å². The van der Waals surface area contributed by atoms with Crippen molar-refractivity contribution in [1.82, 2.24) is 9.55 Å². The Bertz CT molecular complexity index is 1640. The van der Waals surface area contributed by atoms with Crippen LogP contribution in [0.2, 0.25) is 0 Å². The van der Waals surface area contributed by atoms with E-state index >= 15 is 0 Å². The van der Waals surface area contributed by atoms with Gasteiger partial charge in [0.15, 0.2) is 5.78 Å². The predicted octanol–water partition coefficient (Wildman–Crippen LogP) is 4.79. The molecule has 0 N–H and O–H groups in total. The number of ketones is 1. The Morgan fingerprint density at radius 2 is 1.73 bits per heavy atom. The molecule has 0 saturated carbocycles. The molecule has 1 aliphatic carbocycles. The summed E-state index contributed by atoms with van der Waals surface area (Å²) in [5.41, 5.74) is 3.93. The maximum Gasteiger partial charge on any atom is 0.245 e. The number of benzene rings is 2. The van der Waals surface area contributed by atoms with E-state index < -0.39 is 0 Å². The number of carbonyl (C=O) groups excluding carboxylic acids is 1. The molecule has 7 nitrogen and oxygen atoms in total. The molecule has 0 unspecified atom stereocenters. The number of furan rings is 1. The van der Waals surface area contributed by atoms with Gasteiger partial charge in [0.2, 0.25) is 5.71 Å². The molecule has 5 rings (SSSR count). The van der Waals surface area contributed by atoms with E-state index in [0.29, 0.717) is 39.6 Å². The van der Waals surface area contributed by atoms with Crippen molar-refractivity contribution in [3.63, 3.8) is 0 Å². The molecule has 2 heterocycles. The van der Waals surface area contributed by atoms with E-state index in [0.717, 1.165) is 11.1 Å². The smallest absolute Gasteiger partial charge is 0.245 e. The van der Waals surface area contributed by atoms with Crippen LogP contribution in [-0.4, -0.2) is 15.3 Å². The van der Waals surface area contributed by atoms with Crippen molar-refractivity contribution in [2.75, 3.05) is 0 Å². The molecule has 2 aromatic carbocycles. The van der Waals surface area contributed by atoms with E-state index in [2.05, 4.69) is 11.1 Å². The number of nitriles is 3. The highest BCUT2D eigenvalue weighted by atomic mass is 16.3. The van der Waals surface area contributed by atoms with E-state index in [1.54, 1.807) is 48.5 Å². The fourth-order valence-corrected chi connectivity index (χ4v) is 4.01. The molecule has 0 bridgehead atoms. The minimum Gasteiger partial charge on any atom is -0.437 e. The molecule has 0 amide bonds. The van der Waals surface area contributed by atoms with Crippen molar-refractivity contribution in [1.29, 1.82) is 15.8 Å². The lowest BCUT2D eigenvalue weighted by Crippen LogP contribution is -1.95. The van der Waals surface area contributed by atoms with Crippen molar-refractivity contribution < 1.29 is 9.21 Å². The first kappa shape index (κ1) is 19.8. The number of aromatic nitrogens is 2. The standard InChI is InChI=1S/C26H13N5O2/c1-31-22-11-18(33-26(22)30-25(31)16-8-6-15(12-27)7-9-16)10-21-23(17(13-28)14-29)19-4-2-3-5-20(19)24(21)32/h2-11H,1H3/b21-10-. The number of Topliss-reactive ketones (excluding diaryl/α,β-unsaturated/α-hetero) is 1. The van der Waals surface area contributed by atoms with E-state index in [-0.39, 0.29) is 16.9 Å². The third-order valence-electron chi connectivity index (χ3n) is 5.59. The van der Waals surface area contributed by atoms with Crippen LogP contribution >= 0.6 is 0 Å². The first-order valence-electron chi connectivity index (χ1n) is 9.93. The molecule has 0 atom stereocenters. The van der Waals surface area contributed by atoms with Crippen molar-refractivity contribution in [2.45, 2.75) is 0 Å². The maximum atomic E-state index is 13.1. The number of fused-ring (bicyclic) bond motifs is 2. The van der Waals surface area contributed by atoms with Crippen LogP contribution in [0, 0.1) is 34.0 Å². The summed E-state index contributed by atoms with van der Waals surface area (Å²) in [6, 6.07) is 21.6. The fraction of sp³-hybridized carbons (Fsp3) is 0.0385. The second-order valence-corrected chi connectivity index (χ2v) is 7.43. The zero-order valence-corrected chi connectivity index (χ0v) is 17.3. The normalized spacial score (nSPS) is 13.6. The van der Waals surface area contributed by atoms with Crippen LogP contribution in [0.15, 0.2) is 70.2 Å². The van der Waals surface area contributed by atoms with Gasteiger partial charge in [-0.1, -0.05) is 24.3 Å². The van der Waals surface area contributed by atoms with Crippen LogP contribution < -0.4 is 0 Å². The molecular formula is C26H13N5O2. The first-order chi connectivity index (χ1) is 16.0. The van der Waals surface area contributed by atoms with Gasteiger partial charge in [-0.15, -0.1) is 0 Å². The van der Waals surface area contributed by atoms with Crippen LogP contribution in [0.1, 0.15) is 27.2 Å². The predicted molar refractivity (Wildman–Crippen MR) is 120 cm³/mol. The van der Waals surface area contributed by atoms with Crippen LogP contribution in [0.25, 0.3) is 34.3 Å². The molecule has 7 heteroatoms. The molecule has 33 heavy (non-hydrogen) atoms. The monoisotopic (exact) mass is 427 g/mol. The summed E-state index contributed by atoms with van der Waals surface area (Å²) in [6.07, 6.45) is 1.55. The molecule has 2 aromatic heterocycles. The minimum absolute atomic E-state index is 0.128. The average Bonchev–Trinajstić information content (AvgIpc) is 3.47. The largest absolute Gasteiger partial charge is 0.437 e. The Balaban J connectivity index is 1.62. The Hall–Kier alpha value is -5.19. The Morgan fingerprint density at radius 1 is 1.03 bits per heavy atom. The highest BCUT2D eigenvalue weighted by Gasteiger charge is 2.32. The van der Waals surface area contributed by atoms with Gasteiger partial charge in [0.1, 0.15) is 34.8 Å². The summed E-state index contributed by atoms with van der Waals surface area (Å²) in [5.74, 6) is 0.794. The Kier molecular flexibility index (Phi) is 4.49. The van der Waals surface area contributed by atoms with Crippen molar-refractivity contribution in [3.05, 3.63) is 88.2 Å². The second-order valence-electron chi connectivity index (χ2n) is 7.43. The number of hydrogen-bond acceptors (Lipinski definition) is 6. The zero-order chi connectivity index (χ0) is 23.1. The van der Waals surface area contributed by atoms with E-state index in [4.69, 9.17) is 9.68 Å². The summed E-state index contributed by atoms with van der Waals surface area (Å²) in [5, 5.41) is 27.9. The van der Waals surface area contributed by atoms with Crippen LogP contribution in [0.3, 0.4) is 0 Å². The van der Waals surface area contributed by atoms with Gasteiger partial charge in [-0.3, -0.25) is 4.79 Å². The fourth-order valence-electron chi connectivity index (χ4n) is 4.01. The van der Waals surface area contributed by atoms with Crippen LogP contribution in [0.5, 0.6) is 0 Å². The molecule has 0 aliphatic heterocycles. The SMILES string of the molecule is Cn1c(-c2ccc(C#N)cc2)nc2oc(/C=C3\C(=O)c4ccccc4C3=C(C#N)C#N)cc21. The van der Waals surface area contributed by atoms with Gasteiger partial charge >= 0.3 is 0 Å². The van der Waals surface area contributed by atoms with E-state index in [1.807, 2.05) is 35.9 Å². The molecule has 0 spiro atoms. The molecule has 0 fully saturated rings. The summed E-state index contributed by atoms with van der Waals surface area (Å²) < 4.78 is 7.76. The molecule has 1 aliphatic rings. The van der Waals surface area contributed by atoms with Gasteiger partial charge in [-0.2, -0.15) is 20.8 Å². The first-order valence-corrected chi connectivity index (χ1v) is 9.93. The lowest BCUT2D eigenvalue weighted by atomic mass is 9.99. The van der Waals surface area contributed by atoms with Gasteiger partial charge in [0.05, 0.1) is 11.6 Å². The zero-order valence-electron chi connectivity index (χ0n) is 17.3. The summed E-state index contributed by atoms with van der Waals surface area (Å²) in [7, 11) is 1.85. The number of imidazole rings is 1. The van der Waals surface area contributed by atoms with E-state index in [1.165, 1.54) is 0 Å². The topological polar surface area (TPSA) is 119 Å². The Labute approximate surface area is 188 Å². The molecule has 154 valence electrons. The summed E-state index contributed by atoms with van der Waals surface area (Å²) >= 11 is 0. The third-order valence-corrected chi connectivity index (χ3v) is 5.59. The van der Waals surface area contributed by atoms with E-state index in [9.17, 15) is 15.3 Å². The van der Waals surface area contributed by atoms with Gasteiger partial charge in [0, 0.05) is 35.4 Å². The molecule has 4 aromatic rings. The molecule has 0 saturated heterocycles. The number of hydrogen-bond donors (Lipinski definition) is 0. The van der Waals surface area contributed by atoms with Crippen LogP contribution in [0.4, 0.5) is 0 Å².